The molecule has 1 aromatic heterocycles. The number of aliphatic hydroxyl groups excluding tert-OH is 2. The van der Waals surface area contributed by atoms with Gasteiger partial charge in [-0.05, 0) is 104 Å². The van der Waals surface area contributed by atoms with E-state index in [-0.39, 0.29) is 34.0 Å². The van der Waals surface area contributed by atoms with Crippen molar-refractivity contribution in [2.75, 3.05) is 6.54 Å². The van der Waals surface area contributed by atoms with Crippen molar-refractivity contribution >= 4 is 16.1 Å². The molecule has 4 N–H and O–H groups in total. The van der Waals surface area contributed by atoms with E-state index < -0.39 is 16.1 Å². The van der Waals surface area contributed by atoms with Crippen LogP contribution >= 0.6 is 0 Å². The van der Waals surface area contributed by atoms with Gasteiger partial charge in [-0.1, -0.05) is 34.1 Å². The molecule has 4 aliphatic rings. The largest absolute Gasteiger partial charge is 0.393 e. The lowest BCUT2D eigenvalue weighted by molar-refractivity contribution is -0.203. The summed E-state index contributed by atoms with van der Waals surface area (Å²) in [7, 11) is -4.06. The molecule has 0 radical (unpaired) electrons. The molecule has 10 heteroatoms. The number of nitrogens with zero attached hydrogens (tertiary/aromatic N) is 2. The first-order valence-electron chi connectivity index (χ1n) is 15.3. The Morgan fingerprint density at radius 3 is 2.50 bits per heavy atom. The van der Waals surface area contributed by atoms with Crippen LogP contribution in [0.4, 0.5) is 4.79 Å². The Hall–Kier alpha value is -1.78. The summed E-state index contributed by atoms with van der Waals surface area (Å²) in [4.78, 5) is 19.9. The third-order valence-corrected chi connectivity index (χ3v) is 13.3. The fourth-order valence-electron chi connectivity index (χ4n) is 10.2. The average Bonchev–Trinajstić information content (AvgIpc) is 3.27. The van der Waals surface area contributed by atoms with E-state index in [1.165, 1.54) is 12.4 Å². The Balaban J connectivity index is 1.22. The molecule has 0 aliphatic heterocycles. The summed E-state index contributed by atoms with van der Waals surface area (Å²) >= 11 is 0. The SMILES string of the molecule is CC[C@H]1[C@@H](O)[C@@H]2[C@H](CC[C@]3(C)[C@@H]([C@H](C)CCNC(=O)NS(=O)(=O)c4cnccn4)CC[C@@H]23)[C@@]2(C)CC[C@@H](O)C[C@@H]12. The lowest BCUT2D eigenvalue weighted by Gasteiger charge is -2.64. The quantitative estimate of drug-likeness (QED) is 0.383. The molecule has 4 saturated carbocycles. The molecule has 0 saturated heterocycles. The van der Waals surface area contributed by atoms with Crippen molar-refractivity contribution < 1.29 is 23.4 Å². The second kappa shape index (κ2) is 11.1. The number of sulfonamides is 1. The number of carbonyl (C=O) groups excluding carboxylic acids is 1. The summed E-state index contributed by atoms with van der Waals surface area (Å²) < 4.78 is 26.7. The minimum atomic E-state index is -4.06. The first kappa shape index (κ1) is 29.7. The van der Waals surface area contributed by atoms with E-state index in [4.69, 9.17) is 0 Å². The third kappa shape index (κ3) is 5.06. The summed E-state index contributed by atoms with van der Waals surface area (Å²) in [5.74, 6) is 2.82. The van der Waals surface area contributed by atoms with Crippen molar-refractivity contribution in [1.29, 1.82) is 0 Å². The lowest BCUT2D eigenvalue weighted by atomic mass is 9.41. The first-order valence-corrected chi connectivity index (χ1v) is 16.8. The molecule has 40 heavy (non-hydrogen) atoms. The second-order valence-electron chi connectivity index (χ2n) is 13.8. The second-order valence-corrected chi connectivity index (χ2v) is 15.4. The number of rotatable bonds is 7. The van der Waals surface area contributed by atoms with Crippen molar-refractivity contribution in [2.24, 2.45) is 52.3 Å². The third-order valence-electron chi connectivity index (χ3n) is 12.1. The number of aromatic nitrogens is 2. The highest BCUT2D eigenvalue weighted by molar-refractivity contribution is 7.90. The van der Waals surface area contributed by atoms with Crippen LogP contribution in [0.25, 0.3) is 0 Å². The molecule has 9 nitrogen and oxygen atoms in total. The van der Waals surface area contributed by atoms with Crippen LogP contribution in [-0.2, 0) is 10.0 Å². The summed E-state index contributed by atoms with van der Waals surface area (Å²) in [5.41, 5.74) is 0.340. The van der Waals surface area contributed by atoms with E-state index in [2.05, 4.69) is 43.0 Å². The first-order chi connectivity index (χ1) is 18.9. The van der Waals surface area contributed by atoms with Gasteiger partial charge in [0, 0.05) is 18.9 Å². The number of aliphatic hydroxyl groups is 2. The van der Waals surface area contributed by atoms with Crippen molar-refractivity contribution in [3.63, 3.8) is 0 Å². The van der Waals surface area contributed by atoms with E-state index in [0.29, 0.717) is 42.1 Å². The van der Waals surface area contributed by atoms with Crippen LogP contribution in [-0.4, -0.2) is 53.4 Å². The van der Waals surface area contributed by atoms with Gasteiger partial charge in [0.25, 0.3) is 10.0 Å². The van der Waals surface area contributed by atoms with Crippen molar-refractivity contribution in [1.82, 2.24) is 20.0 Å². The Kier molecular flexibility index (Phi) is 8.27. The molecule has 4 aliphatic carbocycles. The summed E-state index contributed by atoms with van der Waals surface area (Å²) in [5, 5.41) is 24.8. The zero-order valence-electron chi connectivity index (χ0n) is 24.4. The lowest BCUT2D eigenvalue weighted by Crippen LogP contribution is -2.62. The van der Waals surface area contributed by atoms with Gasteiger partial charge in [-0.15, -0.1) is 0 Å². The van der Waals surface area contributed by atoms with Crippen LogP contribution in [0.3, 0.4) is 0 Å². The van der Waals surface area contributed by atoms with E-state index in [1.807, 2.05) is 4.72 Å². The minimum Gasteiger partial charge on any atom is -0.393 e. The van der Waals surface area contributed by atoms with Crippen molar-refractivity contribution in [3.05, 3.63) is 18.6 Å². The van der Waals surface area contributed by atoms with Crippen LogP contribution in [0.5, 0.6) is 0 Å². The highest BCUT2D eigenvalue weighted by Crippen LogP contribution is 2.69. The molecule has 5 rings (SSSR count). The molecule has 0 unspecified atom stereocenters. The van der Waals surface area contributed by atoms with Gasteiger partial charge >= 0.3 is 6.03 Å². The maximum absolute atomic E-state index is 12.4. The van der Waals surface area contributed by atoms with Gasteiger partial charge in [0.1, 0.15) is 0 Å². The number of carbonyl (C=O) groups is 1. The molecule has 0 aromatic carbocycles. The topological polar surface area (TPSA) is 142 Å². The van der Waals surface area contributed by atoms with Crippen LogP contribution in [0, 0.1) is 52.3 Å². The zero-order valence-corrected chi connectivity index (χ0v) is 25.2. The monoisotopic (exact) mass is 576 g/mol. The summed E-state index contributed by atoms with van der Waals surface area (Å²) in [6.07, 6.45) is 12.3. The molecular formula is C30H48N4O5S. The van der Waals surface area contributed by atoms with Gasteiger partial charge in [0.2, 0.25) is 0 Å². The minimum absolute atomic E-state index is 0.148. The fraction of sp³-hybridized carbons (Fsp3) is 0.833. The maximum Gasteiger partial charge on any atom is 0.328 e. The van der Waals surface area contributed by atoms with Gasteiger partial charge < -0.3 is 15.5 Å². The molecule has 0 bridgehead atoms. The predicted octanol–water partition coefficient (Wildman–Crippen LogP) is 4.12. The Labute approximate surface area is 239 Å². The zero-order chi connectivity index (χ0) is 28.9. The van der Waals surface area contributed by atoms with E-state index in [9.17, 15) is 23.4 Å². The number of fused-ring (bicyclic) bond motifs is 5. The summed E-state index contributed by atoms with van der Waals surface area (Å²) in [6, 6.07) is -0.759. The molecular weight excluding hydrogens is 528 g/mol. The molecule has 2 amide bonds. The van der Waals surface area contributed by atoms with Crippen LogP contribution in [0.15, 0.2) is 23.6 Å². The molecule has 11 atom stereocenters. The number of hydrogen-bond acceptors (Lipinski definition) is 7. The molecule has 4 fully saturated rings. The Bertz CT molecular complexity index is 1170. The van der Waals surface area contributed by atoms with Gasteiger partial charge in [-0.3, -0.25) is 4.98 Å². The molecule has 224 valence electrons. The number of nitrogens with one attached hydrogen (secondary N) is 2. The Morgan fingerprint density at radius 1 is 1.07 bits per heavy atom. The number of amides is 2. The van der Waals surface area contributed by atoms with Crippen LogP contribution in [0.2, 0.25) is 0 Å². The maximum atomic E-state index is 12.4. The molecule has 1 aromatic rings. The normalized spacial score (nSPS) is 41.8. The van der Waals surface area contributed by atoms with E-state index in [1.54, 1.807) is 0 Å². The van der Waals surface area contributed by atoms with Crippen molar-refractivity contribution in [3.8, 4) is 0 Å². The van der Waals surface area contributed by atoms with Crippen LogP contribution in [0.1, 0.15) is 85.5 Å². The van der Waals surface area contributed by atoms with Crippen molar-refractivity contribution in [2.45, 2.75) is 103 Å². The smallest absolute Gasteiger partial charge is 0.328 e. The molecule has 0 spiro atoms. The van der Waals surface area contributed by atoms with E-state index >= 15 is 0 Å². The van der Waals surface area contributed by atoms with Gasteiger partial charge in [-0.2, -0.15) is 8.42 Å². The number of urea groups is 1. The van der Waals surface area contributed by atoms with E-state index in [0.717, 1.165) is 64.0 Å². The predicted molar refractivity (Wildman–Crippen MR) is 151 cm³/mol. The standard InChI is InChI=1S/C30H48N4O5S/c1-5-20-24-16-19(35)8-11-30(24,4)23-9-12-29(3)21(6-7-22(29)26(23)27(20)36)18(2)10-13-33-28(37)34-40(38,39)25-17-31-14-15-32-25/h14-15,17-24,26-27,35-36H,5-13,16H2,1-4H3,(H2,33,34,37)/t18-,19-,20-,21-,22+,23+,24+,26+,27-,29-,30-/m1/s1. The van der Waals surface area contributed by atoms with Gasteiger partial charge in [0.15, 0.2) is 5.03 Å². The highest BCUT2D eigenvalue weighted by atomic mass is 32.2. The molecule has 1 heterocycles. The Morgan fingerprint density at radius 2 is 1.80 bits per heavy atom. The highest BCUT2D eigenvalue weighted by Gasteiger charge is 2.64. The average molecular weight is 577 g/mol. The fourth-order valence-corrected chi connectivity index (χ4v) is 11.0. The number of hydrogen-bond donors (Lipinski definition) is 4. The van der Waals surface area contributed by atoms with Crippen LogP contribution < -0.4 is 10.0 Å². The van der Waals surface area contributed by atoms with Gasteiger partial charge in [-0.25, -0.2) is 14.5 Å². The van der Waals surface area contributed by atoms with Gasteiger partial charge in [0.05, 0.1) is 18.4 Å². The summed E-state index contributed by atoms with van der Waals surface area (Å²) in [6.45, 7) is 9.76.